The number of methoxy groups -OCH3 is 2. The average molecular weight is 269 g/mol. The van der Waals surface area contributed by atoms with Gasteiger partial charge in [0.1, 0.15) is 12.7 Å². The summed E-state index contributed by atoms with van der Waals surface area (Å²) in [6, 6.07) is 5.01. The van der Waals surface area contributed by atoms with Crippen molar-refractivity contribution in [3.05, 3.63) is 18.2 Å². The minimum atomic E-state index is -0.538. The molecule has 1 unspecified atom stereocenters. The van der Waals surface area contributed by atoms with Crippen molar-refractivity contribution in [2.75, 3.05) is 32.8 Å². The smallest absolute Gasteiger partial charge is 0.253 e. The first-order valence-electron chi connectivity index (χ1n) is 5.87. The fraction of sp³-hybridized carbons (Fsp3) is 0.462. The number of rotatable bonds is 7. The lowest BCUT2D eigenvalue weighted by Gasteiger charge is -2.14. The van der Waals surface area contributed by atoms with Gasteiger partial charge in [-0.25, -0.2) is 0 Å². The van der Waals surface area contributed by atoms with E-state index in [1.807, 2.05) is 0 Å². The summed E-state index contributed by atoms with van der Waals surface area (Å²) in [5, 5.41) is 11.5. The van der Waals surface area contributed by atoms with Gasteiger partial charge >= 0.3 is 0 Å². The minimum absolute atomic E-state index is 0.0968. The van der Waals surface area contributed by atoms with Crippen LogP contribution in [0.25, 0.3) is 0 Å². The van der Waals surface area contributed by atoms with Crippen LogP contribution in [0.1, 0.15) is 6.92 Å². The molecule has 6 nitrogen and oxygen atoms in total. The fourth-order valence-corrected chi connectivity index (χ4v) is 1.37. The van der Waals surface area contributed by atoms with Crippen molar-refractivity contribution in [3.63, 3.8) is 0 Å². The van der Waals surface area contributed by atoms with Crippen molar-refractivity contribution < 1.29 is 24.1 Å². The van der Waals surface area contributed by atoms with E-state index >= 15 is 0 Å². The lowest BCUT2D eigenvalue weighted by molar-refractivity contribution is -0.124. The molecule has 0 saturated carbocycles. The van der Waals surface area contributed by atoms with Crippen LogP contribution in [0.3, 0.4) is 0 Å². The Morgan fingerprint density at radius 2 is 2.11 bits per heavy atom. The number of amides is 1. The van der Waals surface area contributed by atoms with Gasteiger partial charge in [0, 0.05) is 18.9 Å². The van der Waals surface area contributed by atoms with Crippen LogP contribution in [0, 0.1) is 0 Å². The fourth-order valence-electron chi connectivity index (χ4n) is 1.37. The molecule has 0 heterocycles. The van der Waals surface area contributed by atoms with Crippen molar-refractivity contribution >= 4 is 11.6 Å². The first-order valence-corrected chi connectivity index (χ1v) is 5.87. The topological polar surface area (TPSA) is 77.0 Å². The van der Waals surface area contributed by atoms with Gasteiger partial charge in [0.15, 0.2) is 11.5 Å². The summed E-state index contributed by atoms with van der Waals surface area (Å²) in [7, 11) is 2.99. The Morgan fingerprint density at radius 1 is 1.37 bits per heavy atom. The van der Waals surface area contributed by atoms with Crippen LogP contribution in [0.2, 0.25) is 0 Å². The maximum Gasteiger partial charge on any atom is 0.253 e. The van der Waals surface area contributed by atoms with Crippen LogP contribution in [-0.2, 0) is 9.53 Å². The van der Waals surface area contributed by atoms with Gasteiger partial charge in [0.05, 0.1) is 13.7 Å². The number of aliphatic hydroxyl groups excluding tert-OH is 1. The van der Waals surface area contributed by atoms with Gasteiger partial charge in [-0.15, -0.1) is 0 Å². The van der Waals surface area contributed by atoms with Crippen molar-refractivity contribution in [1.82, 2.24) is 0 Å². The van der Waals surface area contributed by atoms with E-state index in [4.69, 9.17) is 19.3 Å². The second-order valence-corrected chi connectivity index (χ2v) is 3.80. The Morgan fingerprint density at radius 3 is 2.68 bits per heavy atom. The van der Waals surface area contributed by atoms with E-state index in [2.05, 4.69) is 5.32 Å². The molecule has 19 heavy (non-hydrogen) atoms. The summed E-state index contributed by atoms with van der Waals surface area (Å²) in [6.07, 6.45) is -0.538. The lowest BCUT2D eigenvalue weighted by Crippen LogP contribution is -2.26. The highest BCUT2D eigenvalue weighted by Crippen LogP contribution is 2.30. The summed E-state index contributed by atoms with van der Waals surface area (Å²) >= 11 is 0. The number of hydrogen-bond donors (Lipinski definition) is 2. The van der Waals surface area contributed by atoms with E-state index < -0.39 is 6.10 Å². The molecular formula is C13H19NO5. The number of ether oxygens (including phenoxy) is 3. The zero-order valence-corrected chi connectivity index (χ0v) is 11.3. The van der Waals surface area contributed by atoms with Gasteiger partial charge in [0.25, 0.3) is 5.91 Å². The van der Waals surface area contributed by atoms with E-state index in [1.165, 1.54) is 14.2 Å². The molecule has 0 aliphatic heterocycles. The van der Waals surface area contributed by atoms with E-state index in [0.717, 1.165) is 0 Å². The van der Waals surface area contributed by atoms with Crippen LogP contribution >= 0.6 is 0 Å². The summed E-state index contributed by atoms with van der Waals surface area (Å²) in [4.78, 5) is 11.7. The zero-order valence-electron chi connectivity index (χ0n) is 11.3. The second kappa shape index (κ2) is 7.60. The van der Waals surface area contributed by atoms with E-state index in [1.54, 1.807) is 25.1 Å². The van der Waals surface area contributed by atoms with Gasteiger partial charge < -0.3 is 24.6 Å². The van der Waals surface area contributed by atoms with E-state index in [-0.39, 0.29) is 19.1 Å². The predicted octanol–water partition coefficient (Wildman–Crippen LogP) is 1.04. The quantitative estimate of drug-likeness (QED) is 0.773. The Bertz CT molecular complexity index is 421. The number of carbonyl (C=O) groups excluding carboxylic acids is 1. The molecule has 0 bridgehead atoms. The van der Waals surface area contributed by atoms with Gasteiger partial charge in [-0.2, -0.15) is 0 Å². The number of carbonyl (C=O) groups is 1. The summed E-state index contributed by atoms with van der Waals surface area (Å²) in [6.45, 7) is 1.71. The summed E-state index contributed by atoms with van der Waals surface area (Å²) in [5.74, 6) is 0.742. The SMILES string of the molecule is COc1ccc(NC(=O)C(C)OC)cc1OCCO. The van der Waals surface area contributed by atoms with Gasteiger partial charge in [-0.1, -0.05) is 0 Å². The van der Waals surface area contributed by atoms with Crippen LogP contribution in [-0.4, -0.2) is 44.6 Å². The number of benzene rings is 1. The number of anilines is 1. The monoisotopic (exact) mass is 269 g/mol. The van der Waals surface area contributed by atoms with Crippen LogP contribution in [0.5, 0.6) is 11.5 Å². The molecular weight excluding hydrogens is 250 g/mol. The number of nitrogens with one attached hydrogen (secondary N) is 1. The Hall–Kier alpha value is -1.79. The highest BCUT2D eigenvalue weighted by atomic mass is 16.5. The van der Waals surface area contributed by atoms with E-state index in [9.17, 15) is 4.79 Å². The summed E-state index contributed by atoms with van der Waals surface area (Å²) in [5.41, 5.74) is 0.572. The molecule has 2 N–H and O–H groups in total. The molecule has 1 aromatic carbocycles. The van der Waals surface area contributed by atoms with Gasteiger partial charge in [-0.3, -0.25) is 4.79 Å². The van der Waals surface area contributed by atoms with E-state index in [0.29, 0.717) is 17.2 Å². The second-order valence-electron chi connectivity index (χ2n) is 3.80. The van der Waals surface area contributed by atoms with Crippen molar-refractivity contribution in [2.24, 2.45) is 0 Å². The molecule has 106 valence electrons. The first kappa shape index (κ1) is 15.3. The van der Waals surface area contributed by atoms with Crippen molar-refractivity contribution in [2.45, 2.75) is 13.0 Å². The van der Waals surface area contributed by atoms with Crippen LogP contribution in [0.15, 0.2) is 18.2 Å². The molecule has 0 saturated heterocycles. The number of aliphatic hydroxyl groups is 1. The largest absolute Gasteiger partial charge is 0.493 e. The zero-order chi connectivity index (χ0) is 14.3. The highest BCUT2D eigenvalue weighted by Gasteiger charge is 2.13. The molecule has 0 spiro atoms. The first-order chi connectivity index (χ1) is 9.12. The maximum atomic E-state index is 11.7. The third kappa shape index (κ3) is 4.42. The standard InChI is InChI=1S/C13H19NO5/c1-9(17-2)13(16)14-10-4-5-11(18-3)12(8-10)19-7-6-15/h4-5,8-9,15H,6-7H2,1-3H3,(H,14,16). The third-order valence-corrected chi connectivity index (χ3v) is 2.50. The molecule has 0 fully saturated rings. The molecule has 0 radical (unpaired) electrons. The average Bonchev–Trinajstić information content (AvgIpc) is 2.44. The molecule has 0 aromatic heterocycles. The van der Waals surface area contributed by atoms with Crippen LogP contribution in [0.4, 0.5) is 5.69 Å². The molecule has 6 heteroatoms. The summed E-state index contributed by atoms with van der Waals surface area (Å²) < 4.78 is 15.4. The van der Waals surface area contributed by atoms with Gasteiger partial charge in [0.2, 0.25) is 0 Å². The predicted molar refractivity (Wildman–Crippen MR) is 70.7 cm³/mol. The maximum absolute atomic E-state index is 11.7. The lowest BCUT2D eigenvalue weighted by atomic mass is 10.2. The molecule has 1 atom stereocenters. The Labute approximate surface area is 112 Å². The molecule has 0 aliphatic rings. The third-order valence-electron chi connectivity index (χ3n) is 2.50. The molecule has 0 aliphatic carbocycles. The van der Waals surface area contributed by atoms with Gasteiger partial charge in [-0.05, 0) is 19.1 Å². The minimum Gasteiger partial charge on any atom is -0.493 e. The molecule has 1 amide bonds. The number of hydrogen-bond acceptors (Lipinski definition) is 5. The van der Waals surface area contributed by atoms with Crippen molar-refractivity contribution in [1.29, 1.82) is 0 Å². The Balaban J connectivity index is 2.82. The van der Waals surface area contributed by atoms with Crippen molar-refractivity contribution in [3.8, 4) is 11.5 Å². The normalized spacial score (nSPS) is 11.8. The molecule has 1 rings (SSSR count). The highest BCUT2D eigenvalue weighted by molar-refractivity contribution is 5.94. The molecule has 1 aromatic rings. The Kier molecular flexibility index (Phi) is 6.11. The van der Waals surface area contributed by atoms with Crippen LogP contribution < -0.4 is 14.8 Å².